The summed E-state index contributed by atoms with van der Waals surface area (Å²) in [4.78, 5) is 41.8. The number of aliphatic hydroxyl groups excluding tert-OH is 1. The van der Waals surface area contributed by atoms with E-state index >= 15 is 0 Å². The van der Waals surface area contributed by atoms with Crippen LogP contribution in [0, 0.1) is 5.41 Å². The highest BCUT2D eigenvalue weighted by molar-refractivity contribution is 5.87. The number of piperazine rings is 1. The Morgan fingerprint density at radius 2 is 1.93 bits per heavy atom. The number of fused-ring (bicyclic) bond motifs is 1. The van der Waals surface area contributed by atoms with Gasteiger partial charge in [-0.3, -0.25) is 14.5 Å². The van der Waals surface area contributed by atoms with Gasteiger partial charge in [-0.1, -0.05) is 0 Å². The van der Waals surface area contributed by atoms with Crippen LogP contribution >= 0.6 is 0 Å². The zero-order chi connectivity index (χ0) is 20.1. The second-order valence-electron chi connectivity index (χ2n) is 9.10. The number of rotatable bonds is 3. The quantitative estimate of drug-likeness (QED) is 0.752. The first-order valence-corrected chi connectivity index (χ1v) is 10.6. The highest BCUT2D eigenvalue weighted by atomic mass is 16.4. The number of carbonyl (C=O) groups excluding carboxylic acids is 2. The Balaban J connectivity index is 1.35. The van der Waals surface area contributed by atoms with Crippen LogP contribution in [0.2, 0.25) is 0 Å². The van der Waals surface area contributed by atoms with Crippen LogP contribution in [0.25, 0.3) is 0 Å². The number of aliphatic hydroxyl groups is 1. The molecule has 0 bridgehead atoms. The predicted octanol–water partition coefficient (Wildman–Crippen LogP) is 1.27. The van der Waals surface area contributed by atoms with E-state index in [9.17, 15) is 24.6 Å². The van der Waals surface area contributed by atoms with Crippen LogP contribution in [0.5, 0.6) is 0 Å². The summed E-state index contributed by atoms with van der Waals surface area (Å²) in [6, 6.07) is -0.754. The third kappa shape index (κ3) is 3.36. The van der Waals surface area contributed by atoms with Gasteiger partial charge in [0.2, 0.25) is 11.8 Å². The molecule has 8 heteroatoms. The summed E-state index contributed by atoms with van der Waals surface area (Å²) >= 11 is 0. The fraction of sp³-hybridized carbons (Fsp3) is 0.850. The number of piperidine rings is 2. The minimum absolute atomic E-state index is 0.00177. The van der Waals surface area contributed by atoms with Gasteiger partial charge in [0, 0.05) is 38.1 Å². The maximum absolute atomic E-state index is 12.8. The number of carboxylic acid groups (broad SMARTS) is 1. The summed E-state index contributed by atoms with van der Waals surface area (Å²) in [5.74, 6) is -0.0822. The van der Waals surface area contributed by atoms with Crippen LogP contribution in [0.1, 0.15) is 58.3 Å². The Bertz CT molecular complexity index is 664. The van der Waals surface area contributed by atoms with Crippen LogP contribution in [-0.2, 0) is 9.59 Å². The molecule has 3 heterocycles. The number of hydrogen-bond donors (Lipinski definition) is 2. The molecule has 3 aliphatic heterocycles. The van der Waals surface area contributed by atoms with Gasteiger partial charge in [-0.05, 0) is 57.3 Å². The molecule has 4 rings (SSSR count). The molecular weight excluding hydrogens is 362 g/mol. The van der Waals surface area contributed by atoms with Crippen molar-refractivity contribution >= 4 is 17.9 Å². The highest BCUT2D eigenvalue weighted by Crippen LogP contribution is 2.53. The lowest BCUT2D eigenvalue weighted by atomic mass is 9.88. The molecule has 0 aromatic carbocycles. The lowest BCUT2D eigenvalue weighted by molar-refractivity contribution is -0.151. The number of nitrogens with zero attached hydrogens (tertiary/aromatic N) is 3. The van der Waals surface area contributed by atoms with Gasteiger partial charge < -0.3 is 20.0 Å². The normalized spacial score (nSPS) is 34.4. The molecule has 0 aromatic heterocycles. The standard InChI is InChI=1S/C20H31N3O5/c1-13-18(26)23-14(3-2-4-15(23)11-22(13)19(27)28)5-6-17(25)21-10-9-20(7-8-20)16(24)12-21/h13-16,24H,2-12H2,1H3,(H,27,28)/t13-,14+,15-,16?/m0/s1. The van der Waals surface area contributed by atoms with E-state index in [2.05, 4.69) is 0 Å². The molecule has 4 aliphatic rings. The predicted molar refractivity (Wildman–Crippen MR) is 101 cm³/mol. The third-order valence-corrected chi connectivity index (χ3v) is 7.51. The fourth-order valence-electron chi connectivity index (χ4n) is 5.40. The van der Waals surface area contributed by atoms with Gasteiger partial charge in [0.25, 0.3) is 0 Å². The van der Waals surface area contributed by atoms with Crippen LogP contribution in [-0.4, -0.2) is 86.7 Å². The minimum atomic E-state index is -1.05. The van der Waals surface area contributed by atoms with Crippen molar-refractivity contribution in [3.8, 4) is 0 Å². The van der Waals surface area contributed by atoms with Gasteiger partial charge in [-0.25, -0.2) is 4.79 Å². The van der Waals surface area contributed by atoms with E-state index in [1.807, 2.05) is 4.90 Å². The summed E-state index contributed by atoms with van der Waals surface area (Å²) in [7, 11) is 0. The molecule has 0 aromatic rings. The Morgan fingerprint density at radius 1 is 1.18 bits per heavy atom. The van der Waals surface area contributed by atoms with Gasteiger partial charge >= 0.3 is 6.09 Å². The number of hydrogen-bond acceptors (Lipinski definition) is 4. The Kier molecular flexibility index (Phi) is 5.02. The van der Waals surface area contributed by atoms with Gasteiger partial charge in [0.15, 0.2) is 0 Å². The average molecular weight is 393 g/mol. The van der Waals surface area contributed by atoms with Crippen molar-refractivity contribution in [1.29, 1.82) is 0 Å². The molecule has 1 spiro atoms. The summed E-state index contributed by atoms with van der Waals surface area (Å²) in [5.41, 5.74) is 0.0831. The van der Waals surface area contributed by atoms with E-state index in [1.165, 1.54) is 4.90 Å². The van der Waals surface area contributed by atoms with E-state index in [1.54, 1.807) is 11.8 Å². The molecule has 1 aliphatic carbocycles. The summed E-state index contributed by atoms with van der Waals surface area (Å²) < 4.78 is 0. The Hall–Kier alpha value is -1.83. The molecule has 8 nitrogen and oxygen atoms in total. The van der Waals surface area contributed by atoms with Crippen molar-refractivity contribution < 1.29 is 24.6 Å². The summed E-state index contributed by atoms with van der Waals surface area (Å²) in [6.07, 6.45) is 5.18. The Labute approximate surface area is 165 Å². The zero-order valence-corrected chi connectivity index (χ0v) is 16.5. The smallest absolute Gasteiger partial charge is 0.408 e. The maximum Gasteiger partial charge on any atom is 0.408 e. The number of amides is 3. The van der Waals surface area contributed by atoms with Gasteiger partial charge in [-0.15, -0.1) is 0 Å². The fourth-order valence-corrected chi connectivity index (χ4v) is 5.40. The van der Waals surface area contributed by atoms with Crippen molar-refractivity contribution in [2.75, 3.05) is 19.6 Å². The van der Waals surface area contributed by atoms with Crippen molar-refractivity contribution in [3.05, 3.63) is 0 Å². The molecule has 4 atom stereocenters. The second kappa shape index (κ2) is 7.21. The lowest BCUT2D eigenvalue weighted by Crippen LogP contribution is -2.65. The topological polar surface area (TPSA) is 101 Å². The first-order chi connectivity index (χ1) is 13.3. The number of β-amino-alcohol motifs (C(OH)–C–C–N with tert-alkyl or cyclic N) is 1. The lowest BCUT2D eigenvalue weighted by Gasteiger charge is -2.50. The van der Waals surface area contributed by atoms with Crippen molar-refractivity contribution in [2.24, 2.45) is 5.41 Å². The van der Waals surface area contributed by atoms with Gasteiger partial charge in [0.1, 0.15) is 6.04 Å². The molecule has 156 valence electrons. The third-order valence-electron chi connectivity index (χ3n) is 7.51. The number of likely N-dealkylation sites (tertiary alicyclic amines) is 1. The maximum atomic E-state index is 12.8. The molecule has 4 fully saturated rings. The molecule has 1 saturated carbocycles. The monoisotopic (exact) mass is 393 g/mol. The molecule has 0 radical (unpaired) electrons. The highest BCUT2D eigenvalue weighted by Gasteiger charge is 2.52. The summed E-state index contributed by atoms with van der Waals surface area (Å²) in [6.45, 7) is 3.15. The molecule has 28 heavy (non-hydrogen) atoms. The molecular formula is C20H31N3O5. The van der Waals surface area contributed by atoms with Crippen LogP contribution < -0.4 is 0 Å². The van der Waals surface area contributed by atoms with Gasteiger partial charge in [-0.2, -0.15) is 0 Å². The zero-order valence-electron chi connectivity index (χ0n) is 16.5. The van der Waals surface area contributed by atoms with Gasteiger partial charge in [0.05, 0.1) is 6.10 Å². The first kappa shape index (κ1) is 19.5. The van der Waals surface area contributed by atoms with E-state index in [0.29, 0.717) is 25.9 Å². The van der Waals surface area contributed by atoms with E-state index in [4.69, 9.17) is 0 Å². The molecule has 3 saturated heterocycles. The largest absolute Gasteiger partial charge is 0.465 e. The molecule has 1 unspecified atom stereocenters. The van der Waals surface area contributed by atoms with Crippen molar-refractivity contribution in [1.82, 2.24) is 14.7 Å². The van der Waals surface area contributed by atoms with Crippen molar-refractivity contribution in [2.45, 2.75) is 82.5 Å². The SMILES string of the molecule is C[C@H]1C(=O)N2[C@@H](CCC(=O)N3CCC4(CC4)C(O)C3)CCC[C@H]2CN1C(=O)O. The van der Waals surface area contributed by atoms with Crippen molar-refractivity contribution in [3.63, 3.8) is 0 Å². The van der Waals surface area contributed by atoms with Crippen LogP contribution in [0.4, 0.5) is 4.79 Å². The summed E-state index contributed by atoms with van der Waals surface area (Å²) in [5, 5.41) is 19.7. The Morgan fingerprint density at radius 3 is 2.57 bits per heavy atom. The number of carbonyl (C=O) groups is 3. The van der Waals surface area contributed by atoms with Crippen LogP contribution in [0.3, 0.4) is 0 Å². The van der Waals surface area contributed by atoms with Crippen LogP contribution in [0.15, 0.2) is 0 Å². The first-order valence-electron chi connectivity index (χ1n) is 10.6. The molecule has 2 N–H and O–H groups in total. The minimum Gasteiger partial charge on any atom is -0.465 e. The average Bonchev–Trinajstić information content (AvgIpc) is 3.45. The van der Waals surface area contributed by atoms with E-state index in [0.717, 1.165) is 45.1 Å². The van der Waals surface area contributed by atoms with E-state index in [-0.39, 0.29) is 29.3 Å². The molecule has 3 amide bonds. The van der Waals surface area contributed by atoms with E-state index < -0.39 is 18.2 Å². The second-order valence-corrected chi connectivity index (χ2v) is 9.10.